The molecule has 178 valence electrons. The van der Waals surface area contributed by atoms with Gasteiger partial charge in [-0.15, -0.1) is 0 Å². The van der Waals surface area contributed by atoms with Gasteiger partial charge >= 0.3 is 5.97 Å². The summed E-state index contributed by atoms with van der Waals surface area (Å²) in [6.07, 6.45) is 0. The van der Waals surface area contributed by atoms with E-state index in [4.69, 9.17) is 26.8 Å². The number of amides is 1. The molecule has 9 heteroatoms. The molecular formula is C26H22ClN3O5. The molecule has 0 saturated carbocycles. The third kappa shape index (κ3) is 3.10. The number of aryl methyl sites for hydroxylation is 1. The maximum Gasteiger partial charge on any atom is 0.340 e. The van der Waals surface area contributed by atoms with Crippen LogP contribution >= 0.6 is 11.6 Å². The Balaban J connectivity index is 1.85. The summed E-state index contributed by atoms with van der Waals surface area (Å²) in [7, 11) is 2.79. The first-order chi connectivity index (χ1) is 16.7. The van der Waals surface area contributed by atoms with Crippen molar-refractivity contribution in [2.24, 2.45) is 12.8 Å². The zero-order chi connectivity index (χ0) is 25.1. The van der Waals surface area contributed by atoms with Crippen LogP contribution < -0.4 is 20.9 Å². The number of nitrogens with two attached hydrogens (primary N) is 1. The average Bonchev–Trinajstić information content (AvgIpc) is 3.07. The van der Waals surface area contributed by atoms with Gasteiger partial charge in [0.05, 0.1) is 19.2 Å². The van der Waals surface area contributed by atoms with E-state index in [1.54, 1.807) is 61.3 Å². The fourth-order valence-corrected chi connectivity index (χ4v) is 5.04. The summed E-state index contributed by atoms with van der Waals surface area (Å²) in [5.41, 5.74) is 6.19. The number of anilines is 1. The second kappa shape index (κ2) is 8.02. The number of hydrogen-bond acceptors (Lipinski definition) is 6. The molecule has 0 bridgehead atoms. The van der Waals surface area contributed by atoms with Crippen LogP contribution in [0.1, 0.15) is 22.4 Å². The molecule has 35 heavy (non-hydrogen) atoms. The maximum atomic E-state index is 14.5. The first-order valence-corrected chi connectivity index (χ1v) is 11.2. The average molecular weight is 492 g/mol. The summed E-state index contributed by atoms with van der Waals surface area (Å²) in [5, 5.41) is 0.569. The van der Waals surface area contributed by atoms with E-state index in [9.17, 15) is 14.4 Å². The van der Waals surface area contributed by atoms with Crippen molar-refractivity contribution in [2.75, 3.05) is 12.0 Å². The lowest BCUT2D eigenvalue weighted by atomic mass is 9.68. The second-order valence-electron chi connectivity index (χ2n) is 8.51. The lowest BCUT2D eigenvalue weighted by molar-refractivity contribution is -0.138. The van der Waals surface area contributed by atoms with Gasteiger partial charge in [0.25, 0.3) is 5.56 Å². The van der Waals surface area contributed by atoms with Crippen LogP contribution in [0.15, 0.2) is 70.8 Å². The maximum absolute atomic E-state index is 14.5. The molecule has 1 spiro atoms. The van der Waals surface area contributed by atoms with Gasteiger partial charge in [0.15, 0.2) is 0 Å². The number of esters is 1. The molecule has 1 amide bonds. The molecule has 8 nitrogen and oxygen atoms in total. The van der Waals surface area contributed by atoms with Crippen LogP contribution in [0.2, 0.25) is 5.02 Å². The van der Waals surface area contributed by atoms with E-state index in [0.717, 1.165) is 5.56 Å². The Kier molecular flexibility index (Phi) is 5.21. The van der Waals surface area contributed by atoms with Gasteiger partial charge in [-0.2, -0.15) is 0 Å². The normalized spacial score (nSPS) is 18.4. The highest BCUT2D eigenvalue weighted by atomic mass is 35.5. The first kappa shape index (κ1) is 22.7. The number of pyridine rings is 1. The van der Waals surface area contributed by atoms with Gasteiger partial charge in [-0.25, -0.2) is 4.79 Å². The Bertz CT molecular complexity index is 1490. The molecule has 0 unspecified atom stereocenters. The van der Waals surface area contributed by atoms with E-state index in [1.165, 1.54) is 11.7 Å². The molecule has 0 fully saturated rings. The summed E-state index contributed by atoms with van der Waals surface area (Å²) in [4.78, 5) is 42.9. The molecule has 3 aromatic rings. The molecule has 0 saturated heterocycles. The monoisotopic (exact) mass is 491 g/mol. The summed E-state index contributed by atoms with van der Waals surface area (Å²) in [6, 6.07) is 15.8. The molecular weight excluding hydrogens is 470 g/mol. The number of fused-ring (bicyclic) bond motifs is 4. The van der Waals surface area contributed by atoms with E-state index >= 15 is 0 Å². The molecule has 1 aromatic heterocycles. The third-order valence-electron chi connectivity index (χ3n) is 6.66. The molecule has 5 rings (SSSR count). The van der Waals surface area contributed by atoms with Gasteiger partial charge < -0.3 is 24.7 Å². The zero-order valence-electron chi connectivity index (χ0n) is 19.3. The van der Waals surface area contributed by atoms with Gasteiger partial charge in [-0.05, 0) is 30.7 Å². The van der Waals surface area contributed by atoms with Gasteiger partial charge in [-0.1, -0.05) is 41.9 Å². The summed E-state index contributed by atoms with van der Waals surface area (Å²) >= 11 is 6.04. The molecule has 0 aliphatic carbocycles. The third-order valence-corrected chi connectivity index (χ3v) is 6.91. The largest absolute Gasteiger partial charge is 0.465 e. The van der Waals surface area contributed by atoms with Crippen LogP contribution in [0.5, 0.6) is 5.75 Å². The van der Waals surface area contributed by atoms with E-state index < -0.39 is 22.9 Å². The van der Waals surface area contributed by atoms with Crippen LogP contribution in [-0.2, 0) is 33.3 Å². The predicted octanol–water partition coefficient (Wildman–Crippen LogP) is 2.92. The molecule has 2 aliphatic heterocycles. The van der Waals surface area contributed by atoms with Crippen LogP contribution in [0, 0.1) is 6.92 Å². The molecule has 2 N–H and O–H groups in total. The highest BCUT2D eigenvalue weighted by Crippen LogP contribution is 2.54. The van der Waals surface area contributed by atoms with E-state index in [-0.39, 0.29) is 29.3 Å². The number of aromatic nitrogens is 1. The fourth-order valence-electron chi connectivity index (χ4n) is 4.92. The quantitative estimate of drug-likeness (QED) is 0.565. The highest BCUT2D eigenvalue weighted by molar-refractivity contribution is 6.30. The van der Waals surface area contributed by atoms with Crippen molar-refractivity contribution < 1.29 is 19.1 Å². The number of ether oxygens (including phenoxy) is 2. The number of methoxy groups -OCH3 is 1. The van der Waals surface area contributed by atoms with Gasteiger partial charge in [-0.3, -0.25) is 9.59 Å². The predicted molar refractivity (Wildman–Crippen MR) is 130 cm³/mol. The first-order valence-electron chi connectivity index (χ1n) is 10.8. The van der Waals surface area contributed by atoms with Crippen molar-refractivity contribution in [3.8, 4) is 5.75 Å². The number of benzene rings is 2. The number of carbonyl (C=O) groups is 2. The Morgan fingerprint density at radius 2 is 1.83 bits per heavy atom. The molecule has 3 heterocycles. The number of carbonyl (C=O) groups excluding carboxylic acids is 2. The van der Waals surface area contributed by atoms with E-state index in [0.29, 0.717) is 22.0 Å². The lowest BCUT2D eigenvalue weighted by Gasteiger charge is -2.35. The van der Waals surface area contributed by atoms with Gasteiger partial charge in [0.1, 0.15) is 16.7 Å². The molecule has 0 radical (unpaired) electrons. The highest BCUT2D eigenvalue weighted by Gasteiger charge is 2.62. The van der Waals surface area contributed by atoms with Crippen molar-refractivity contribution in [1.82, 2.24) is 4.57 Å². The van der Waals surface area contributed by atoms with Crippen LogP contribution in [-0.4, -0.2) is 23.6 Å². The minimum atomic E-state index is -1.84. The van der Waals surface area contributed by atoms with Crippen LogP contribution in [0.4, 0.5) is 5.69 Å². The van der Waals surface area contributed by atoms with Crippen molar-refractivity contribution in [2.45, 2.75) is 18.9 Å². The van der Waals surface area contributed by atoms with Crippen molar-refractivity contribution in [1.29, 1.82) is 0 Å². The number of hydrogen-bond donors (Lipinski definition) is 1. The zero-order valence-corrected chi connectivity index (χ0v) is 20.1. The minimum Gasteiger partial charge on any atom is -0.465 e. The Labute approximate surface area is 206 Å². The smallest absolute Gasteiger partial charge is 0.340 e. The Morgan fingerprint density at radius 1 is 1.14 bits per heavy atom. The van der Waals surface area contributed by atoms with Gasteiger partial charge in [0.2, 0.25) is 11.8 Å². The van der Waals surface area contributed by atoms with Crippen molar-refractivity contribution in [3.63, 3.8) is 0 Å². The minimum absolute atomic E-state index is 0.0243. The van der Waals surface area contributed by atoms with Crippen molar-refractivity contribution >= 4 is 29.2 Å². The number of halogens is 1. The Morgan fingerprint density at radius 3 is 2.51 bits per heavy atom. The second-order valence-corrected chi connectivity index (χ2v) is 8.94. The summed E-state index contributed by atoms with van der Waals surface area (Å²) in [6.45, 7) is 1.93. The number of nitrogens with zero attached hydrogens (tertiary/aromatic N) is 2. The van der Waals surface area contributed by atoms with Crippen LogP contribution in [0.25, 0.3) is 0 Å². The topological polar surface area (TPSA) is 104 Å². The van der Waals surface area contributed by atoms with Crippen LogP contribution in [0.3, 0.4) is 0 Å². The standard InChI is InChI=1S/C26H22ClN3O5/c1-14-12-19-20(23(31)29(14)2)26(21(22(28)35-19)24(32)34-3)17-6-4-5-7-18(17)30(25(26)33)13-15-8-10-16(27)11-9-15/h4-12H,13,28H2,1-3H3/t26-/m1/s1. The fraction of sp³-hybridized carbons (Fsp3) is 0.192. The molecule has 1 atom stereocenters. The Hall–Kier alpha value is -4.04. The summed E-state index contributed by atoms with van der Waals surface area (Å²) < 4.78 is 12.2. The van der Waals surface area contributed by atoms with Gasteiger partial charge in [0, 0.05) is 35.1 Å². The van der Waals surface area contributed by atoms with E-state index in [2.05, 4.69) is 0 Å². The molecule has 2 aromatic carbocycles. The lowest BCUT2D eigenvalue weighted by Crippen LogP contribution is -2.51. The number of para-hydroxylation sites is 1. The SMILES string of the molecule is COC(=O)C1=C(N)Oc2cc(C)n(C)c(=O)c2[C@@]12C(=O)N(Cc1ccc(Cl)cc1)c1ccccc12. The van der Waals surface area contributed by atoms with E-state index in [1.807, 2.05) is 12.1 Å². The molecule has 2 aliphatic rings. The summed E-state index contributed by atoms with van der Waals surface area (Å²) in [5.74, 6) is -1.50. The number of rotatable bonds is 3. The van der Waals surface area contributed by atoms with Crippen molar-refractivity contribution in [3.05, 3.63) is 104 Å².